The summed E-state index contributed by atoms with van der Waals surface area (Å²) in [7, 11) is 0. The molecule has 2 aliphatic heterocycles. The number of rotatable bonds is 3. The molecule has 2 aliphatic rings. The van der Waals surface area contributed by atoms with Crippen molar-refractivity contribution in [1.29, 1.82) is 0 Å². The van der Waals surface area contributed by atoms with Crippen LogP contribution in [-0.4, -0.2) is 47.9 Å². The second-order valence-electron chi connectivity index (χ2n) is 5.70. The van der Waals surface area contributed by atoms with Gasteiger partial charge in [0.05, 0.1) is 12.7 Å². The van der Waals surface area contributed by atoms with Crippen molar-refractivity contribution in [3.05, 3.63) is 29.8 Å². The maximum atomic E-state index is 9.28. The van der Waals surface area contributed by atoms with Crippen molar-refractivity contribution in [2.24, 2.45) is 5.73 Å². The van der Waals surface area contributed by atoms with E-state index in [2.05, 4.69) is 4.90 Å². The first-order chi connectivity index (χ1) is 9.22. The minimum absolute atomic E-state index is 0.0195. The average molecular weight is 262 g/mol. The van der Waals surface area contributed by atoms with E-state index in [9.17, 15) is 5.11 Å². The number of ether oxygens (including phenoxy) is 1. The van der Waals surface area contributed by atoms with Crippen LogP contribution in [0.15, 0.2) is 24.3 Å². The van der Waals surface area contributed by atoms with Crippen LogP contribution >= 0.6 is 0 Å². The van der Waals surface area contributed by atoms with E-state index in [0.29, 0.717) is 11.8 Å². The quantitative estimate of drug-likeness (QED) is 0.857. The molecule has 3 atom stereocenters. The summed E-state index contributed by atoms with van der Waals surface area (Å²) in [5.74, 6) is 0.297. The number of nitrogens with two attached hydrogens (primary N) is 1. The molecule has 4 heteroatoms. The van der Waals surface area contributed by atoms with Gasteiger partial charge < -0.3 is 15.6 Å². The van der Waals surface area contributed by atoms with Crippen molar-refractivity contribution in [2.45, 2.75) is 37.5 Å². The molecule has 0 aromatic heterocycles. The van der Waals surface area contributed by atoms with E-state index in [4.69, 9.17) is 10.5 Å². The van der Waals surface area contributed by atoms with Crippen LogP contribution < -0.4 is 5.73 Å². The Morgan fingerprint density at radius 2 is 2.16 bits per heavy atom. The largest absolute Gasteiger partial charge is 0.508 e. The van der Waals surface area contributed by atoms with Crippen LogP contribution in [0.4, 0.5) is 0 Å². The fourth-order valence-corrected chi connectivity index (χ4v) is 3.14. The number of hydrogen-bond donors (Lipinski definition) is 2. The Bertz CT molecular complexity index is 421. The Balaban J connectivity index is 1.58. The van der Waals surface area contributed by atoms with Gasteiger partial charge >= 0.3 is 0 Å². The van der Waals surface area contributed by atoms with Crippen molar-refractivity contribution < 1.29 is 9.84 Å². The highest BCUT2D eigenvalue weighted by Gasteiger charge is 2.34. The molecule has 4 nitrogen and oxygen atoms in total. The number of aromatic hydroxyl groups is 1. The van der Waals surface area contributed by atoms with Gasteiger partial charge in [-0.1, -0.05) is 12.1 Å². The zero-order valence-electron chi connectivity index (χ0n) is 11.2. The van der Waals surface area contributed by atoms with Crippen molar-refractivity contribution in [3.63, 3.8) is 0 Å². The van der Waals surface area contributed by atoms with E-state index < -0.39 is 0 Å². The molecule has 3 unspecified atom stereocenters. The van der Waals surface area contributed by atoms with Gasteiger partial charge in [-0.05, 0) is 43.5 Å². The van der Waals surface area contributed by atoms with Crippen LogP contribution in [-0.2, 0) is 11.2 Å². The number of benzene rings is 1. The van der Waals surface area contributed by atoms with Crippen LogP contribution in [0.3, 0.4) is 0 Å². The van der Waals surface area contributed by atoms with Gasteiger partial charge in [-0.25, -0.2) is 0 Å². The fourth-order valence-electron chi connectivity index (χ4n) is 3.14. The van der Waals surface area contributed by atoms with E-state index in [-0.39, 0.29) is 12.1 Å². The molecule has 19 heavy (non-hydrogen) atoms. The van der Waals surface area contributed by atoms with E-state index in [1.165, 1.54) is 19.4 Å². The molecular weight excluding hydrogens is 240 g/mol. The maximum Gasteiger partial charge on any atom is 0.115 e. The number of phenols is 1. The van der Waals surface area contributed by atoms with Crippen molar-refractivity contribution in [2.75, 3.05) is 19.7 Å². The number of nitrogens with zero attached hydrogens (tertiary/aromatic N) is 1. The van der Waals surface area contributed by atoms with Gasteiger partial charge in [0.2, 0.25) is 0 Å². The van der Waals surface area contributed by atoms with E-state index in [1.807, 2.05) is 12.1 Å². The van der Waals surface area contributed by atoms with Gasteiger partial charge in [0, 0.05) is 18.6 Å². The molecule has 0 aliphatic carbocycles. The topological polar surface area (TPSA) is 58.7 Å². The van der Waals surface area contributed by atoms with E-state index >= 15 is 0 Å². The molecule has 0 amide bonds. The Morgan fingerprint density at radius 1 is 1.37 bits per heavy atom. The fraction of sp³-hybridized carbons (Fsp3) is 0.600. The lowest BCUT2D eigenvalue weighted by Gasteiger charge is -2.37. The van der Waals surface area contributed by atoms with Crippen LogP contribution in [0.1, 0.15) is 18.4 Å². The van der Waals surface area contributed by atoms with Gasteiger partial charge in [-0.2, -0.15) is 0 Å². The Morgan fingerprint density at radius 3 is 2.95 bits per heavy atom. The van der Waals surface area contributed by atoms with Crippen LogP contribution in [0.2, 0.25) is 0 Å². The predicted octanol–water partition coefficient (Wildman–Crippen LogP) is 1.13. The summed E-state index contributed by atoms with van der Waals surface area (Å²) in [6.45, 7) is 2.98. The Labute approximate surface area is 114 Å². The molecule has 1 aromatic rings. The summed E-state index contributed by atoms with van der Waals surface area (Å²) >= 11 is 0. The zero-order chi connectivity index (χ0) is 13.2. The third-order valence-corrected chi connectivity index (χ3v) is 4.30. The minimum Gasteiger partial charge on any atom is -0.508 e. The van der Waals surface area contributed by atoms with Crippen LogP contribution in [0.5, 0.6) is 5.75 Å². The van der Waals surface area contributed by atoms with Gasteiger partial charge in [0.25, 0.3) is 0 Å². The number of phenolic OH excluding ortho intramolecular Hbond substituents is 1. The third kappa shape index (κ3) is 2.91. The van der Waals surface area contributed by atoms with E-state index in [1.54, 1.807) is 12.1 Å². The number of morpholine rings is 1. The Kier molecular flexibility index (Phi) is 3.73. The standard InChI is InChI=1S/C15H22N2O2/c16-14(8-11-3-5-13(18)6-4-11)15-9-17-7-1-2-12(17)10-19-15/h3-6,12,14-15,18H,1-2,7-10,16H2. The van der Waals surface area contributed by atoms with Crippen molar-refractivity contribution in [3.8, 4) is 5.75 Å². The second-order valence-corrected chi connectivity index (χ2v) is 5.70. The van der Waals surface area contributed by atoms with E-state index in [0.717, 1.165) is 25.1 Å². The zero-order valence-corrected chi connectivity index (χ0v) is 11.2. The highest BCUT2D eigenvalue weighted by molar-refractivity contribution is 5.26. The molecule has 104 valence electrons. The molecule has 3 N–H and O–H groups in total. The first-order valence-corrected chi connectivity index (χ1v) is 7.11. The summed E-state index contributed by atoms with van der Waals surface area (Å²) in [6.07, 6.45) is 3.47. The minimum atomic E-state index is 0.0195. The summed E-state index contributed by atoms with van der Waals surface area (Å²) < 4.78 is 5.93. The molecule has 3 rings (SSSR count). The lowest BCUT2D eigenvalue weighted by molar-refractivity contribution is -0.0589. The highest BCUT2D eigenvalue weighted by Crippen LogP contribution is 2.24. The smallest absolute Gasteiger partial charge is 0.115 e. The molecule has 0 spiro atoms. The van der Waals surface area contributed by atoms with Gasteiger partial charge in [-0.3, -0.25) is 4.90 Å². The number of hydrogen-bond acceptors (Lipinski definition) is 4. The van der Waals surface area contributed by atoms with Gasteiger partial charge in [-0.15, -0.1) is 0 Å². The third-order valence-electron chi connectivity index (χ3n) is 4.30. The van der Waals surface area contributed by atoms with Crippen LogP contribution in [0, 0.1) is 0 Å². The first-order valence-electron chi connectivity index (χ1n) is 7.11. The molecule has 0 saturated carbocycles. The van der Waals surface area contributed by atoms with Gasteiger partial charge in [0.15, 0.2) is 0 Å². The summed E-state index contributed by atoms with van der Waals surface area (Å²) in [5.41, 5.74) is 7.44. The summed E-state index contributed by atoms with van der Waals surface area (Å²) in [6, 6.07) is 7.91. The monoisotopic (exact) mass is 262 g/mol. The summed E-state index contributed by atoms with van der Waals surface area (Å²) in [5, 5.41) is 9.28. The van der Waals surface area contributed by atoms with Gasteiger partial charge in [0.1, 0.15) is 5.75 Å². The SMILES string of the molecule is NC(Cc1ccc(O)cc1)C1CN2CCCC2CO1. The van der Waals surface area contributed by atoms with Crippen molar-refractivity contribution in [1.82, 2.24) is 4.90 Å². The molecule has 2 heterocycles. The second kappa shape index (κ2) is 5.49. The molecule has 0 radical (unpaired) electrons. The first kappa shape index (κ1) is 12.9. The predicted molar refractivity (Wildman–Crippen MR) is 74.1 cm³/mol. The molecule has 2 fully saturated rings. The molecule has 1 aromatic carbocycles. The van der Waals surface area contributed by atoms with Crippen molar-refractivity contribution >= 4 is 0 Å². The normalized spacial score (nSPS) is 29.1. The van der Waals surface area contributed by atoms with Crippen LogP contribution in [0.25, 0.3) is 0 Å². The molecule has 0 bridgehead atoms. The average Bonchev–Trinajstić information content (AvgIpc) is 2.88. The Hall–Kier alpha value is -1.10. The summed E-state index contributed by atoms with van der Waals surface area (Å²) in [4.78, 5) is 2.52. The lowest BCUT2D eigenvalue weighted by Crippen LogP contribution is -2.53. The molecular formula is C15H22N2O2. The lowest BCUT2D eigenvalue weighted by atomic mass is 10.00. The highest BCUT2D eigenvalue weighted by atomic mass is 16.5. The maximum absolute atomic E-state index is 9.28. The molecule has 2 saturated heterocycles. The number of fused-ring (bicyclic) bond motifs is 1.